The maximum Gasteiger partial charge on any atom is 0.136 e. The fourth-order valence-electron chi connectivity index (χ4n) is 2.06. The molecule has 2 aromatic heterocycles. The van der Waals surface area contributed by atoms with E-state index in [2.05, 4.69) is 16.4 Å². The Morgan fingerprint density at radius 3 is 2.94 bits per heavy atom. The molecule has 3 N–H and O–H groups in total. The second kappa shape index (κ2) is 4.44. The first-order valence-corrected chi connectivity index (χ1v) is 6.59. The largest absolute Gasteiger partial charge is 0.399 e. The Balaban J connectivity index is 2.13. The number of aliphatic hydroxyl groups excluding tert-OH is 1. The van der Waals surface area contributed by atoms with Crippen LogP contribution in [-0.2, 0) is 13.2 Å². The van der Waals surface area contributed by atoms with Crippen LogP contribution in [0.5, 0.6) is 0 Å². The molecule has 0 aliphatic carbocycles. The lowest BCUT2D eigenvalue weighted by Crippen LogP contribution is -2.04. The van der Waals surface area contributed by atoms with Gasteiger partial charge in [-0.1, -0.05) is 0 Å². The minimum Gasteiger partial charge on any atom is -0.399 e. The van der Waals surface area contributed by atoms with Crippen LogP contribution >= 0.6 is 11.3 Å². The van der Waals surface area contributed by atoms with Crippen LogP contribution in [-0.4, -0.2) is 14.7 Å². The number of thiophene rings is 1. The summed E-state index contributed by atoms with van der Waals surface area (Å²) in [5, 5.41) is 13.6. The van der Waals surface area contributed by atoms with Gasteiger partial charge in [-0.05, 0) is 40.6 Å². The number of aliphatic hydroxyl groups is 1. The van der Waals surface area contributed by atoms with Gasteiger partial charge in [0.1, 0.15) is 12.4 Å². The molecule has 0 amide bonds. The summed E-state index contributed by atoms with van der Waals surface area (Å²) in [5.74, 6) is 0.668. The highest BCUT2D eigenvalue weighted by molar-refractivity contribution is 7.07. The van der Waals surface area contributed by atoms with E-state index in [1.165, 1.54) is 5.56 Å². The zero-order chi connectivity index (χ0) is 12.5. The summed E-state index contributed by atoms with van der Waals surface area (Å²) in [6.45, 7) is 0.651. The van der Waals surface area contributed by atoms with Gasteiger partial charge in [0.15, 0.2) is 0 Å². The van der Waals surface area contributed by atoms with Crippen LogP contribution in [0.3, 0.4) is 0 Å². The molecule has 3 aromatic rings. The number of anilines is 1. The van der Waals surface area contributed by atoms with Gasteiger partial charge in [0.25, 0.3) is 0 Å². The van der Waals surface area contributed by atoms with E-state index < -0.39 is 0 Å². The molecule has 92 valence electrons. The minimum atomic E-state index is -0.0707. The highest BCUT2D eigenvalue weighted by Gasteiger charge is 2.10. The van der Waals surface area contributed by atoms with E-state index in [0.717, 1.165) is 17.6 Å². The van der Waals surface area contributed by atoms with E-state index in [0.29, 0.717) is 11.5 Å². The molecule has 0 atom stereocenters. The summed E-state index contributed by atoms with van der Waals surface area (Å²) in [5.41, 5.74) is 9.48. The first kappa shape index (κ1) is 11.3. The van der Waals surface area contributed by atoms with E-state index >= 15 is 0 Å². The zero-order valence-electron chi connectivity index (χ0n) is 9.71. The molecule has 3 rings (SSSR count). The number of aromatic nitrogens is 2. The van der Waals surface area contributed by atoms with Crippen molar-refractivity contribution in [2.45, 2.75) is 13.2 Å². The van der Waals surface area contributed by atoms with Crippen molar-refractivity contribution in [3.05, 3.63) is 46.4 Å². The third-order valence-electron chi connectivity index (χ3n) is 2.91. The summed E-state index contributed by atoms with van der Waals surface area (Å²) in [4.78, 5) is 4.41. The second-order valence-electron chi connectivity index (χ2n) is 4.15. The van der Waals surface area contributed by atoms with Gasteiger partial charge in [-0.15, -0.1) is 0 Å². The van der Waals surface area contributed by atoms with Crippen LogP contribution in [0.15, 0.2) is 35.0 Å². The molecule has 0 unspecified atom stereocenters. The van der Waals surface area contributed by atoms with Crippen molar-refractivity contribution in [1.82, 2.24) is 9.55 Å². The van der Waals surface area contributed by atoms with Crippen molar-refractivity contribution in [2.24, 2.45) is 0 Å². The Labute approximate surface area is 108 Å². The van der Waals surface area contributed by atoms with Gasteiger partial charge in [0.2, 0.25) is 0 Å². The maximum atomic E-state index is 9.41. The van der Waals surface area contributed by atoms with Crippen molar-refractivity contribution < 1.29 is 5.11 Å². The molecule has 0 radical (unpaired) electrons. The van der Waals surface area contributed by atoms with Gasteiger partial charge in [-0.2, -0.15) is 11.3 Å². The smallest absolute Gasteiger partial charge is 0.136 e. The maximum absolute atomic E-state index is 9.41. The van der Waals surface area contributed by atoms with Gasteiger partial charge >= 0.3 is 0 Å². The summed E-state index contributed by atoms with van der Waals surface area (Å²) in [6.07, 6.45) is 0. The van der Waals surface area contributed by atoms with E-state index in [1.54, 1.807) is 11.3 Å². The predicted octanol–water partition coefficient (Wildman–Crippen LogP) is 2.22. The van der Waals surface area contributed by atoms with Crippen LogP contribution < -0.4 is 5.73 Å². The van der Waals surface area contributed by atoms with Crippen LogP contribution in [0.4, 0.5) is 5.69 Å². The third kappa shape index (κ3) is 1.87. The Kier molecular flexibility index (Phi) is 2.77. The van der Waals surface area contributed by atoms with E-state index in [4.69, 9.17) is 5.73 Å². The molecule has 1 aromatic carbocycles. The fourth-order valence-corrected chi connectivity index (χ4v) is 2.72. The van der Waals surface area contributed by atoms with Gasteiger partial charge < -0.3 is 15.4 Å². The molecule has 0 saturated carbocycles. The number of hydrogen-bond acceptors (Lipinski definition) is 4. The SMILES string of the molecule is Nc1ccc2c(c1)nc(CO)n2Cc1ccsc1. The molecule has 0 aliphatic heterocycles. The molecule has 18 heavy (non-hydrogen) atoms. The van der Waals surface area contributed by atoms with Crippen molar-refractivity contribution in [3.63, 3.8) is 0 Å². The quantitative estimate of drug-likeness (QED) is 0.709. The Morgan fingerprint density at radius 2 is 2.22 bits per heavy atom. The standard InChI is InChI=1S/C13H13N3OS/c14-10-1-2-12-11(5-10)15-13(7-17)16(12)6-9-3-4-18-8-9/h1-5,8,17H,6-7,14H2. The molecule has 0 aliphatic rings. The van der Waals surface area contributed by atoms with Crippen molar-refractivity contribution in [1.29, 1.82) is 0 Å². The topological polar surface area (TPSA) is 64.1 Å². The Morgan fingerprint density at radius 1 is 1.33 bits per heavy atom. The lowest BCUT2D eigenvalue weighted by atomic mass is 10.2. The van der Waals surface area contributed by atoms with E-state index in [-0.39, 0.29) is 6.61 Å². The number of nitrogens with two attached hydrogens (primary N) is 1. The zero-order valence-corrected chi connectivity index (χ0v) is 10.5. The lowest BCUT2D eigenvalue weighted by Gasteiger charge is -2.06. The van der Waals surface area contributed by atoms with Gasteiger partial charge in [0.05, 0.1) is 17.6 Å². The number of hydrogen-bond donors (Lipinski definition) is 2. The highest BCUT2D eigenvalue weighted by Crippen LogP contribution is 2.21. The lowest BCUT2D eigenvalue weighted by molar-refractivity contribution is 0.267. The van der Waals surface area contributed by atoms with Gasteiger partial charge in [-0.3, -0.25) is 0 Å². The summed E-state index contributed by atoms with van der Waals surface area (Å²) in [6, 6.07) is 7.71. The van der Waals surface area contributed by atoms with E-state index in [9.17, 15) is 5.11 Å². The number of rotatable bonds is 3. The number of nitrogens with zero attached hydrogens (tertiary/aromatic N) is 2. The molecule has 0 spiro atoms. The van der Waals surface area contributed by atoms with Crippen LogP contribution in [0.2, 0.25) is 0 Å². The van der Waals surface area contributed by atoms with Crippen molar-refractivity contribution in [2.75, 3.05) is 5.73 Å². The monoisotopic (exact) mass is 259 g/mol. The first-order chi connectivity index (χ1) is 8.78. The second-order valence-corrected chi connectivity index (χ2v) is 4.93. The van der Waals surface area contributed by atoms with Crippen LogP contribution in [0.25, 0.3) is 11.0 Å². The molecule has 0 bridgehead atoms. The first-order valence-electron chi connectivity index (χ1n) is 5.64. The van der Waals surface area contributed by atoms with Crippen molar-refractivity contribution >= 4 is 28.1 Å². The molecular formula is C13H13N3OS. The summed E-state index contributed by atoms with van der Waals surface area (Å²) in [7, 11) is 0. The molecule has 0 fully saturated rings. The molecule has 0 saturated heterocycles. The van der Waals surface area contributed by atoms with Gasteiger partial charge in [-0.25, -0.2) is 4.98 Å². The normalized spacial score (nSPS) is 11.2. The highest BCUT2D eigenvalue weighted by atomic mass is 32.1. The summed E-state index contributed by atoms with van der Waals surface area (Å²) < 4.78 is 2.02. The predicted molar refractivity (Wildman–Crippen MR) is 73.5 cm³/mol. The average Bonchev–Trinajstić information content (AvgIpc) is 2.97. The minimum absolute atomic E-state index is 0.0707. The average molecular weight is 259 g/mol. The third-order valence-corrected chi connectivity index (χ3v) is 3.65. The molecule has 5 heteroatoms. The van der Waals surface area contributed by atoms with E-state index in [1.807, 2.05) is 28.1 Å². The number of fused-ring (bicyclic) bond motifs is 1. The van der Waals surface area contributed by atoms with Crippen molar-refractivity contribution in [3.8, 4) is 0 Å². The molecule has 4 nitrogen and oxygen atoms in total. The number of imidazole rings is 1. The van der Waals surface area contributed by atoms with Crippen LogP contribution in [0.1, 0.15) is 11.4 Å². The number of benzene rings is 1. The summed E-state index contributed by atoms with van der Waals surface area (Å²) >= 11 is 1.67. The molecule has 2 heterocycles. The van der Waals surface area contributed by atoms with Crippen LogP contribution in [0, 0.1) is 0 Å². The number of nitrogen functional groups attached to an aromatic ring is 1. The Bertz CT molecular complexity index is 673. The fraction of sp³-hybridized carbons (Fsp3) is 0.154. The molecular weight excluding hydrogens is 246 g/mol. The Hall–Kier alpha value is -1.85. The van der Waals surface area contributed by atoms with Gasteiger partial charge in [0, 0.05) is 5.69 Å².